The summed E-state index contributed by atoms with van der Waals surface area (Å²) < 4.78 is 9.61. The second-order valence-corrected chi connectivity index (χ2v) is 5.45. The van der Waals surface area contributed by atoms with Crippen LogP contribution in [0.5, 0.6) is 5.75 Å². The first-order chi connectivity index (χ1) is 9.44. The van der Waals surface area contributed by atoms with E-state index in [-0.39, 0.29) is 11.9 Å². The minimum absolute atomic E-state index is 0.194. The number of hydrogen-bond acceptors (Lipinski definition) is 4. The molecule has 1 aromatic rings. The van der Waals surface area contributed by atoms with E-state index in [9.17, 15) is 4.79 Å². The first kappa shape index (κ1) is 16.0. The van der Waals surface area contributed by atoms with Gasteiger partial charge in [-0.3, -0.25) is 4.79 Å². The van der Waals surface area contributed by atoms with Crippen molar-refractivity contribution in [3.8, 4) is 12.0 Å². The highest BCUT2D eigenvalue weighted by Gasteiger charge is 2.31. The summed E-state index contributed by atoms with van der Waals surface area (Å²) in [4.78, 5) is 11.8. The van der Waals surface area contributed by atoms with E-state index in [1.807, 2.05) is 26.0 Å². The van der Waals surface area contributed by atoms with E-state index in [4.69, 9.17) is 14.7 Å². The Kier molecular flexibility index (Phi) is 5.57. The predicted molar refractivity (Wildman–Crippen MR) is 76.1 cm³/mol. The molecule has 0 aliphatic heterocycles. The maximum Gasteiger partial charge on any atom is 0.311 e. The average Bonchev–Trinajstić information content (AvgIpc) is 2.45. The first-order valence-corrected chi connectivity index (χ1v) is 6.69. The number of methoxy groups -OCH3 is 1. The Morgan fingerprint density at radius 3 is 2.40 bits per heavy atom. The fraction of sp³-hybridized carbons (Fsp3) is 0.500. The van der Waals surface area contributed by atoms with E-state index < -0.39 is 5.41 Å². The van der Waals surface area contributed by atoms with Crippen molar-refractivity contribution in [1.29, 1.82) is 5.26 Å². The van der Waals surface area contributed by atoms with Gasteiger partial charge >= 0.3 is 5.97 Å². The molecule has 0 bridgehead atoms. The van der Waals surface area contributed by atoms with Crippen LogP contribution in [0.25, 0.3) is 0 Å². The number of carbonyl (C=O) groups is 1. The van der Waals surface area contributed by atoms with E-state index in [1.165, 1.54) is 7.11 Å². The molecule has 0 radical (unpaired) electrons. The molecule has 0 aromatic heterocycles. The monoisotopic (exact) mass is 275 g/mol. The highest BCUT2D eigenvalue weighted by Crippen LogP contribution is 2.35. The molecule has 0 saturated carbocycles. The van der Waals surface area contributed by atoms with Gasteiger partial charge in [-0.1, -0.05) is 19.1 Å². The van der Waals surface area contributed by atoms with Crippen molar-refractivity contribution >= 4 is 5.97 Å². The summed E-state index contributed by atoms with van der Waals surface area (Å²) >= 11 is 0. The van der Waals surface area contributed by atoms with E-state index in [1.54, 1.807) is 18.4 Å². The SMILES string of the molecule is CCC(CC(C)(C)C(=O)OC)c1ccc(OC#N)cc1. The van der Waals surface area contributed by atoms with Crippen molar-refractivity contribution < 1.29 is 14.3 Å². The van der Waals surface area contributed by atoms with E-state index >= 15 is 0 Å². The molecular weight excluding hydrogens is 254 g/mol. The van der Waals surface area contributed by atoms with E-state index in [0.717, 1.165) is 12.0 Å². The molecule has 108 valence electrons. The van der Waals surface area contributed by atoms with Crippen molar-refractivity contribution in [3.63, 3.8) is 0 Å². The third-order valence-electron chi connectivity index (χ3n) is 3.50. The van der Waals surface area contributed by atoms with Gasteiger partial charge in [-0.05, 0) is 50.3 Å². The lowest BCUT2D eigenvalue weighted by molar-refractivity contribution is -0.151. The van der Waals surface area contributed by atoms with Crippen LogP contribution < -0.4 is 4.74 Å². The Labute approximate surface area is 120 Å². The Bertz CT molecular complexity index is 485. The molecule has 0 amide bonds. The van der Waals surface area contributed by atoms with Crippen LogP contribution in [0.15, 0.2) is 24.3 Å². The summed E-state index contributed by atoms with van der Waals surface area (Å²) in [5, 5.41) is 8.46. The molecule has 1 rings (SSSR count). The van der Waals surface area contributed by atoms with Gasteiger partial charge in [-0.15, -0.1) is 5.26 Å². The fourth-order valence-electron chi connectivity index (χ4n) is 2.33. The van der Waals surface area contributed by atoms with Gasteiger partial charge in [0.25, 0.3) is 6.26 Å². The zero-order valence-electron chi connectivity index (χ0n) is 12.5. The number of carbonyl (C=O) groups excluding carboxylic acids is 1. The molecule has 1 unspecified atom stereocenters. The molecule has 20 heavy (non-hydrogen) atoms. The third kappa shape index (κ3) is 3.99. The zero-order valence-corrected chi connectivity index (χ0v) is 12.5. The molecule has 0 saturated heterocycles. The smallest absolute Gasteiger partial charge is 0.311 e. The molecule has 0 fully saturated rings. The molecule has 0 N–H and O–H groups in total. The van der Waals surface area contributed by atoms with Crippen molar-refractivity contribution in [2.75, 3.05) is 7.11 Å². The van der Waals surface area contributed by atoms with Crippen LogP contribution >= 0.6 is 0 Å². The molecule has 0 aliphatic rings. The number of benzene rings is 1. The van der Waals surface area contributed by atoms with Crippen molar-refractivity contribution in [3.05, 3.63) is 29.8 Å². The normalized spacial score (nSPS) is 12.3. The molecule has 0 spiro atoms. The van der Waals surface area contributed by atoms with Crippen LogP contribution in [0, 0.1) is 16.9 Å². The maximum atomic E-state index is 11.8. The Morgan fingerprint density at radius 2 is 1.95 bits per heavy atom. The van der Waals surface area contributed by atoms with Crippen LogP contribution in [0.2, 0.25) is 0 Å². The summed E-state index contributed by atoms with van der Waals surface area (Å²) in [6.07, 6.45) is 3.29. The maximum absolute atomic E-state index is 11.8. The highest BCUT2D eigenvalue weighted by molar-refractivity contribution is 5.75. The largest absolute Gasteiger partial charge is 0.469 e. The quantitative estimate of drug-likeness (QED) is 0.587. The van der Waals surface area contributed by atoms with Crippen molar-refractivity contribution in [1.82, 2.24) is 0 Å². The molecule has 0 heterocycles. The van der Waals surface area contributed by atoms with Gasteiger partial charge < -0.3 is 9.47 Å². The van der Waals surface area contributed by atoms with Crippen LogP contribution in [0.3, 0.4) is 0 Å². The van der Waals surface area contributed by atoms with Gasteiger partial charge in [0.2, 0.25) is 0 Å². The summed E-state index contributed by atoms with van der Waals surface area (Å²) in [6, 6.07) is 7.42. The lowest BCUT2D eigenvalue weighted by atomic mass is 9.79. The topological polar surface area (TPSA) is 59.3 Å². The highest BCUT2D eigenvalue weighted by atomic mass is 16.5. The first-order valence-electron chi connectivity index (χ1n) is 6.69. The summed E-state index contributed by atoms with van der Waals surface area (Å²) in [7, 11) is 1.42. The number of nitrogens with zero attached hydrogens (tertiary/aromatic N) is 1. The van der Waals surface area contributed by atoms with Gasteiger partial charge in [0.05, 0.1) is 12.5 Å². The summed E-state index contributed by atoms with van der Waals surface area (Å²) in [6.45, 7) is 5.89. The predicted octanol–water partition coefficient (Wildman–Crippen LogP) is 3.63. The van der Waals surface area contributed by atoms with Crippen LogP contribution in [0.4, 0.5) is 0 Å². The van der Waals surface area contributed by atoms with Crippen molar-refractivity contribution in [2.45, 2.75) is 39.5 Å². The van der Waals surface area contributed by atoms with Gasteiger partial charge in [0, 0.05) is 0 Å². The number of hydrogen-bond donors (Lipinski definition) is 0. The number of rotatable bonds is 6. The lowest BCUT2D eigenvalue weighted by Gasteiger charge is -2.27. The van der Waals surface area contributed by atoms with E-state index in [2.05, 4.69) is 6.92 Å². The van der Waals surface area contributed by atoms with Gasteiger partial charge in [0.15, 0.2) is 0 Å². The standard InChI is InChI=1S/C16H21NO3/c1-5-12(10-16(2,3)15(18)19-4)13-6-8-14(9-7-13)20-11-17/h6-9,12H,5,10H2,1-4H3. The second kappa shape index (κ2) is 6.95. The molecule has 4 heteroatoms. The number of esters is 1. The fourth-order valence-corrected chi connectivity index (χ4v) is 2.33. The van der Waals surface area contributed by atoms with Gasteiger partial charge in [0.1, 0.15) is 5.75 Å². The van der Waals surface area contributed by atoms with Crippen molar-refractivity contribution in [2.24, 2.45) is 5.41 Å². The summed E-state index contributed by atoms with van der Waals surface area (Å²) in [5.41, 5.74) is 0.617. The van der Waals surface area contributed by atoms with Crippen LogP contribution in [-0.4, -0.2) is 13.1 Å². The van der Waals surface area contributed by atoms with Gasteiger partial charge in [-0.25, -0.2) is 0 Å². The Hall–Kier alpha value is -2.02. The van der Waals surface area contributed by atoms with Crippen LogP contribution in [-0.2, 0) is 9.53 Å². The zero-order chi connectivity index (χ0) is 15.2. The third-order valence-corrected chi connectivity index (χ3v) is 3.50. The number of ether oxygens (including phenoxy) is 2. The molecule has 1 atom stereocenters. The van der Waals surface area contributed by atoms with Gasteiger partial charge in [-0.2, -0.15) is 0 Å². The molecule has 0 aliphatic carbocycles. The minimum atomic E-state index is -0.517. The average molecular weight is 275 g/mol. The molecule has 1 aromatic carbocycles. The molecule has 4 nitrogen and oxygen atoms in total. The van der Waals surface area contributed by atoms with Crippen LogP contribution in [0.1, 0.15) is 45.1 Å². The minimum Gasteiger partial charge on any atom is -0.469 e. The van der Waals surface area contributed by atoms with E-state index in [0.29, 0.717) is 12.2 Å². The second-order valence-electron chi connectivity index (χ2n) is 5.45. The lowest BCUT2D eigenvalue weighted by Crippen LogP contribution is -2.27. The molecular formula is C16H21NO3. The Balaban J connectivity index is 2.86. The summed E-state index contributed by atoms with van der Waals surface area (Å²) in [5.74, 6) is 0.596. The number of nitriles is 1. The Morgan fingerprint density at radius 1 is 1.35 bits per heavy atom.